The third-order valence-electron chi connectivity index (χ3n) is 2.21. The number of fused-ring (bicyclic) bond motifs is 1. The molecule has 76 valence electrons. The highest BCUT2D eigenvalue weighted by molar-refractivity contribution is 5.89. The first-order valence-electron chi connectivity index (χ1n) is 4.54. The molecule has 0 aliphatic heterocycles. The van der Waals surface area contributed by atoms with Gasteiger partial charge in [0.05, 0.1) is 12.1 Å². The number of nitrogens with one attached hydrogen (secondary N) is 1. The van der Waals surface area contributed by atoms with Gasteiger partial charge in [0.1, 0.15) is 0 Å². The zero-order valence-electron chi connectivity index (χ0n) is 7.99. The lowest BCUT2D eigenvalue weighted by Crippen LogP contribution is -2.13. The van der Waals surface area contributed by atoms with Gasteiger partial charge in [-0.1, -0.05) is 6.07 Å². The molecule has 2 rings (SSSR count). The van der Waals surface area contributed by atoms with Gasteiger partial charge < -0.3 is 10.7 Å². The van der Waals surface area contributed by atoms with Crippen LogP contribution in [0.3, 0.4) is 0 Å². The summed E-state index contributed by atoms with van der Waals surface area (Å²) in [5.74, 6) is -0.361. The molecule has 1 heterocycles. The van der Waals surface area contributed by atoms with Crippen LogP contribution in [0.4, 0.5) is 0 Å². The normalized spacial score (nSPS) is 10.4. The van der Waals surface area contributed by atoms with Crippen molar-refractivity contribution in [3.05, 3.63) is 35.5 Å². The lowest BCUT2D eigenvalue weighted by Gasteiger charge is -1.97. The summed E-state index contributed by atoms with van der Waals surface area (Å²) in [4.78, 5) is 24.2. The fourth-order valence-corrected chi connectivity index (χ4v) is 1.58. The fourth-order valence-electron chi connectivity index (χ4n) is 1.58. The predicted octanol–water partition coefficient (Wildman–Crippen LogP) is 1.01. The summed E-state index contributed by atoms with van der Waals surface area (Å²) >= 11 is 0. The van der Waals surface area contributed by atoms with Crippen LogP contribution in [0.5, 0.6) is 0 Å². The quantitative estimate of drug-likeness (QED) is 0.729. The Labute approximate surface area is 86.1 Å². The summed E-state index contributed by atoms with van der Waals surface area (Å²) < 4.78 is 0. The first-order chi connectivity index (χ1) is 7.19. The van der Waals surface area contributed by atoms with Gasteiger partial charge in [-0.25, -0.2) is 0 Å². The molecule has 0 bridgehead atoms. The van der Waals surface area contributed by atoms with Crippen LogP contribution in [0, 0.1) is 0 Å². The number of benzene rings is 1. The van der Waals surface area contributed by atoms with E-state index in [-0.39, 0.29) is 12.3 Å². The highest BCUT2D eigenvalue weighted by Crippen LogP contribution is 2.16. The summed E-state index contributed by atoms with van der Waals surface area (Å²) in [6.45, 7) is 0. The molecule has 1 amide bonds. The molecule has 2 aromatic rings. The standard InChI is InChI=1S/C11H10N2O2/c12-11(15)4-7-1-2-10-8(3-7)5-9(6-14)13-10/h1-3,5-6,13H,4H2,(H2,12,15). The number of aromatic nitrogens is 1. The molecule has 0 atom stereocenters. The zero-order valence-corrected chi connectivity index (χ0v) is 7.99. The van der Waals surface area contributed by atoms with E-state index in [0.717, 1.165) is 22.8 Å². The Morgan fingerprint density at radius 3 is 2.87 bits per heavy atom. The lowest BCUT2D eigenvalue weighted by atomic mass is 10.1. The Morgan fingerprint density at radius 1 is 1.40 bits per heavy atom. The molecule has 1 aromatic carbocycles. The second-order valence-corrected chi connectivity index (χ2v) is 3.41. The molecule has 0 spiro atoms. The largest absolute Gasteiger partial charge is 0.369 e. The summed E-state index contributed by atoms with van der Waals surface area (Å²) in [6.07, 6.45) is 0.977. The molecule has 0 radical (unpaired) electrons. The molecule has 15 heavy (non-hydrogen) atoms. The number of hydrogen-bond donors (Lipinski definition) is 2. The van der Waals surface area contributed by atoms with Crippen LogP contribution in [-0.4, -0.2) is 17.2 Å². The third kappa shape index (κ3) is 1.88. The molecule has 0 unspecified atom stereocenters. The molecule has 0 aliphatic carbocycles. The highest BCUT2D eigenvalue weighted by atomic mass is 16.1. The van der Waals surface area contributed by atoms with Crippen LogP contribution in [0.2, 0.25) is 0 Å². The van der Waals surface area contributed by atoms with Gasteiger partial charge in [0, 0.05) is 10.9 Å². The minimum atomic E-state index is -0.361. The van der Waals surface area contributed by atoms with Crippen LogP contribution in [0.1, 0.15) is 16.1 Å². The molecular formula is C11H10N2O2. The Bertz CT molecular complexity index is 528. The van der Waals surface area contributed by atoms with Crippen LogP contribution < -0.4 is 5.73 Å². The molecular weight excluding hydrogens is 192 g/mol. The first kappa shape index (κ1) is 9.45. The van der Waals surface area contributed by atoms with E-state index in [4.69, 9.17) is 5.73 Å². The Kier molecular flexibility index (Phi) is 2.25. The van der Waals surface area contributed by atoms with Crippen LogP contribution >= 0.6 is 0 Å². The van der Waals surface area contributed by atoms with Crippen molar-refractivity contribution in [1.29, 1.82) is 0 Å². The van der Waals surface area contributed by atoms with Gasteiger partial charge in [0.2, 0.25) is 5.91 Å². The van der Waals surface area contributed by atoms with Crippen molar-refractivity contribution in [3.8, 4) is 0 Å². The molecule has 3 N–H and O–H groups in total. The first-order valence-corrected chi connectivity index (χ1v) is 4.54. The average molecular weight is 202 g/mol. The van der Waals surface area contributed by atoms with E-state index in [1.165, 1.54) is 0 Å². The smallest absolute Gasteiger partial charge is 0.221 e. The molecule has 4 heteroatoms. The number of hydrogen-bond acceptors (Lipinski definition) is 2. The highest BCUT2D eigenvalue weighted by Gasteiger charge is 2.03. The average Bonchev–Trinajstić information content (AvgIpc) is 2.58. The van der Waals surface area contributed by atoms with Crippen molar-refractivity contribution in [3.63, 3.8) is 0 Å². The van der Waals surface area contributed by atoms with Crippen LogP contribution in [-0.2, 0) is 11.2 Å². The summed E-state index contributed by atoms with van der Waals surface area (Å²) in [7, 11) is 0. The van der Waals surface area contributed by atoms with Gasteiger partial charge in [-0.15, -0.1) is 0 Å². The van der Waals surface area contributed by atoms with Gasteiger partial charge in [0.25, 0.3) is 0 Å². The van der Waals surface area contributed by atoms with E-state index < -0.39 is 0 Å². The van der Waals surface area contributed by atoms with Gasteiger partial charge in [-0.05, 0) is 23.8 Å². The number of carbonyl (C=O) groups is 2. The van der Waals surface area contributed by atoms with Gasteiger partial charge >= 0.3 is 0 Å². The van der Waals surface area contributed by atoms with Crippen molar-refractivity contribution < 1.29 is 9.59 Å². The van der Waals surface area contributed by atoms with E-state index in [1.807, 2.05) is 18.2 Å². The van der Waals surface area contributed by atoms with Crippen molar-refractivity contribution in [2.75, 3.05) is 0 Å². The number of nitrogens with two attached hydrogens (primary N) is 1. The number of carbonyl (C=O) groups excluding carboxylic acids is 2. The predicted molar refractivity (Wildman–Crippen MR) is 56.6 cm³/mol. The van der Waals surface area contributed by atoms with Crippen LogP contribution in [0.25, 0.3) is 10.9 Å². The van der Waals surface area contributed by atoms with Gasteiger partial charge in [0.15, 0.2) is 6.29 Å². The number of primary amides is 1. The maximum absolute atomic E-state index is 10.7. The number of aromatic amines is 1. The monoisotopic (exact) mass is 202 g/mol. The van der Waals surface area contributed by atoms with E-state index >= 15 is 0 Å². The lowest BCUT2D eigenvalue weighted by molar-refractivity contribution is -0.117. The number of H-pyrrole nitrogens is 1. The van der Waals surface area contributed by atoms with Crippen molar-refractivity contribution in [1.82, 2.24) is 4.98 Å². The summed E-state index contributed by atoms with van der Waals surface area (Å²) in [5, 5.41) is 0.913. The van der Waals surface area contributed by atoms with E-state index in [2.05, 4.69) is 4.98 Å². The van der Waals surface area contributed by atoms with Crippen molar-refractivity contribution >= 4 is 23.1 Å². The SMILES string of the molecule is NC(=O)Cc1ccc2[nH]c(C=O)cc2c1. The van der Waals surface area contributed by atoms with E-state index in [1.54, 1.807) is 6.07 Å². The maximum atomic E-state index is 10.7. The summed E-state index contributed by atoms with van der Waals surface area (Å²) in [5.41, 5.74) is 7.36. The summed E-state index contributed by atoms with van der Waals surface area (Å²) in [6, 6.07) is 7.25. The van der Waals surface area contributed by atoms with E-state index in [0.29, 0.717) is 5.69 Å². The molecule has 0 saturated carbocycles. The zero-order chi connectivity index (χ0) is 10.8. The van der Waals surface area contributed by atoms with Crippen molar-refractivity contribution in [2.45, 2.75) is 6.42 Å². The molecule has 0 saturated heterocycles. The minimum absolute atomic E-state index is 0.220. The molecule has 4 nitrogen and oxygen atoms in total. The van der Waals surface area contributed by atoms with Gasteiger partial charge in [-0.2, -0.15) is 0 Å². The van der Waals surface area contributed by atoms with Crippen LogP contribution in [0.15, 0.2) is 24.3 Å². The molecule has 0 aliphatic rings. The van der Waals surface area contributed by atoms with Crippen molar-refractivity contribution in [2.24, 2.45) is 5.73 Å². The maximum Gasteiger partial charge on any atom is 0.221 e. The Morgan fingerprint density at radius 2 is 2.20 bits per heavy atom. The molecule has 0 fully saturated rings. The van der Waals surface area contributed by atoms with E-state index in [9.17, 15) is 9.59 Å². The number of aldehydes is 1. The second-order valence-electron chi connectivity index (χ2n) is 3.41. The Balaban J connectivity index is 2.45. The minimum Gasteiger partial charge on any atom is -0.369 e. The topological polar surface area (TPSA) is 76.0 Å². The third-order valence-corrected chi connectivity index (χ3v) is 2.21. The number of rotatable bonds is 3. The molecule has 1 aromatic heterocycles. The fraction of sp³-hybridized carbons (Fsp3) is 0.0909. The van der Waals surface area contributed by atoms with Gasteiger partial charge in [-0.3, -0.25) is 9.59 Å². The second kappa shape index (κ2) is 3.57. The number of amides is 1. The Hall–Kier alpha value is -2.10.